The summed E-state index contributed by atoms with van der Waals surface area (Å²) >= 11 is 6.55. The third kappa shape index (κ3) is 3.86. The molecule has 4 aromatic rings. The Morgan fingerprint density at radius 1 is 1.03 bits per heavy atom. The second-order valence-corrected chi connectivity index (χ2v) is 8.80. The van der Waals surface area contributed by atoms with Crippen LogP contribution in [-0.4, -0.2) is 28.6 Å². The third-order valence-electron chi connectivity index (χ3n) is 6.34. The van der Waals surface area contributed by atoms with Gasteiger partial charge in [0.05, 0.1) is 28.2 Å². The van der Waals surface area contributed by atoms with Gasteiger partial charge in [0.2, 0.25) is 0 Å². The summed E-state index contributed by atoms with van der Waals surface area (Å²) in [5.41, 5.74) is 7.22. The monoisotopic (exact) mass is 470 g/mol. The summed E-state index contributed by atoms with van der Waals surface area (Å²) in [6.07, 6.45) is 2.48. The van der Waals surface area contributed by atoms with Crippen LogP contribution in [0.5, 0.6) is 0 Å². The van der Waals surface area contributed by atoms with Crippen LogP contribution in [0.15, 0.2) is 66.9 Å². The first-order chi connectivity index (χ1) is 16.4. The Morgan fingerprint density at radius 3 is 2.68 bits per heavy atom. The van der Waals surface area contributed by atoms with E-state index in [1.165, 1.54) is 0 Å². The number of fused-ring (bicyclic) bond motifs is 3. The summed E-state index contributed by atoms with van der Waals surface area (Å²) in [4.78, 5) is 28.1. The fraction of sp³-hybridized carbons (Fsp3) is 0.148. The minimum absolute atomic E-state index is 0.192. The third-order valence-corrected chi connectivity index (χ3v) is 6.65. The first-order valence-corrected chi connectivity index (χ1v) is 11.4. The fourth-order valence-electron chi connectivity index (χ4n) is 4.33. The van der Waals surface area contributed by atoms with Crippen molar-refractivity contribution in [2.75, 3.05) is 16.8 Å². The molecule has 0 bridgehead atoms. The molecule has 1 aliphatic rings. The van der Waals surface area contributed by atoms with Crippen LogP contribution < -0.4 is 10.2 Å². The van der Waals surface area contributed by atoms with E-state index in [-0.39, 0.29) is 16.8 Å². The first kappa shape index (κ1) is 21.9. The van der Waals surface area contributed by atoms with Crippen LogP contribution >= 0.6 is 11.6 Å². The zero-order valence-electron chi connectivity index (χ0n) is 18.9. The summed E-state index contributed by atoms with van der Waals surface area (Å²) in [7, 11) is 0. The molecule has 1 aromatic heterocycles. The highest BCUT2D eigenvalue weighted by Crippen LogP contribution is 2.36. The lowest BCUT2D eigenvalue weighted by Gasteiger charge is -2.23. The predicted octanol–water partition coefficient (Wildman–Crippen LogP) is 5.80. The van der Waals surface area contributed by atoms with Gasteiger partial charge < -0.3 is 10.2 Å². The molecule has 34 heavy (non-hydrogen) atoms. The number of nitrogens with zero attached hydrogens (tertiary/aromatic N) is 2. The van der Waals surface area contributed by atoms with Gasteiger partial charge in [0.25, 0.3) is 11.8 Å². The molecule has 2 N–H and O–H groups in total. The van der Waals surface area contributed by atoms with E-state index in [1.807, 2.05) is 50.2 Å². The van der Waals surface area contributed by atoms with Crippen molar-refractivity contribution in [1.29, 1.82) is 0 Å². The van der Waals surface area contributed by atoms with Crippen LogP contribution in [-0.2, 0) is 6.42 Å². The standard InChI is InChI=1S/C27H23ClN4O2/c1-16-6-5-8-20(17(16)2)26(33)30-19-10-11-21(23(28)14-19)27(34)32-13-12-18-15-29-31-25(18)22-7-3-4-9-24(22)32/h3-11,14-15H,12-13H2,1-2H3,(H,29,31)(H,30,33). The SMILES string of the molecule is Cc1cccc(C(=O)Nc2ccc(C(=O)N3CCc4cn[nH]c4-c4ccccc43)c(Cl)c2)c1C. The zero-order valence-corrected chi connectivity index (χ0v) is 19.6. The lowest BCUT2D eigenvalue weighted by Crippen LogP contribution is -2.32. The van der Waals surface area contributed by atoms with Crippen LogP contribution in [0.1, 0.15) is 37.4 Å². The van der Waals surface area contributed by atoms with E-state index >= 15 is 0 Å². The highest BCUT2D eigenvalue weighted by Gasteiger charge is 2.27. The Kier molecular flexibility index (Phi) is 5.67. The van der Waals surface area contributed by atoms with Crippen LogP contribution in [0.25, 0.3) is 11.3 Å². The largest absolute Gasteiger partial charge is 0.322 e. The maximum Gasteiger partial charge on any atom is 0.259 e. The second-order valence-electron chi connectivity index (χ2n) is 8.39. The number of rotatable bonds is 3. The molecule has 6 nitrogen and oxygen atoms in total. The van der Waals surface area contributed by atoms with Gasteiger partial charge in [0, 0.05) is 23.4 Å². The summed E-state index contributed by atoms with van der Waals surface area (Å²) in [6.45, 7) is 4.39. The molecule has 3 aromatic carbocycles. The lowest BCUT2D eigenvalue weighted by atomic mass is 10.0. The van der Waals surface area contributed by atoms with E-state index in [1.54, 1.807) is 35.4 Å². The molecule has 0 aliphatic carbocycles. The predicted molar refractivity (Wildman–Crippen MR) is 135 cm³/mol. The molecule has 2 amide bonds. The second kappa shape index (κ2) is 8.80. The van der Waals surface area contributed by atoms with Gasteiger partial charge in [-0.1, -0.05) is 41.9 Å². The van der Waals surface area contributed by atoms with Gasteiger partial charge in [-0.2, -0.15) is 5.10 Å². The molecule has 5 rings (SSSR count). The van der Waals surface area contributed by atoms with Crippen molar-refractivity contribution in [2.24, 2.45) is 0 Å². The number of amides is 2. The number of hydrogen-bond acceptors (Lipinski definition) is 3. The number of benzene rings is 3. The van der Waals surface area contributed by atoms with Gasteiger partial charge in [-0.05, 0) is 67.3 Å². The van der Waals surface area contributed by atoms with Crippen molar-refractivity contribution in [1.82, 2.24) is 10.2 Å². The molecule has 0 spiro atoms. The number of aryl methyl sites for hydroxylation is 1. The molecule has 0 saturated carbocycles. The normalized spacial score (nSPS) is 12.5. The molecule has 7 heteroatoms. The Labute approximate surface area is 202 Å². The van der Waals surface area contributed by atoms with Crippen molar-refractivity contribution >= 4 is 34.8 Å². The van der Waals surface area contributed by atoms with E-state index in [0.717, 1.165) is 33.6 Å². The Bertz CT molecular complexity index is 1430. The summed E-state index contributed by atoms with van der Waals surface area (Å²) < 4.78 is 0. The van der Waals surface area contributed by atoms with Crippen molar-refractivity contribution in [3.05, 3.63) is 99.7 Å². The van der Waals surface area contributed by atoms with E-state index < -0.39 is 0 Å². The number of aromatic nitrogens is 2. The zero-order chi connectivity index (χ0) is 23.8. The fourth-order valence-corrected chi connectivity index (χ4v) is 4.59. The molecule has 0 atom stereocenters. The number of hydrogen-bond donors (Lipinski definition) is 2. The molecular weight excluding hydrogens is 448 g/mol. The topological polar surface area (TPSA) is 78.1 Å². The molecule has 0 fully saturated rings. The quantitative estimate of drug-likeness (QED) is 0.397. The summed E-state index contributed by atoms with van der Waals surface area (Å²) in [5, 5.41) is 10.4. The highest BCUT2D eigenvalue weighted by molar-refractivity contribution is 6.35. The van der Waals surface area contributed by atoms with Gasteiger partial charge in [-0.25, -0.2) is 0 Å². The Balaban J connectivity index is 1.42. The smallest absolute Gasteiger partial charge is 0.259 e. The number of para-hydroxylation sites is 1. The Hall–Kier alpha value is -3.90. The van der Waals surface area contributed by atoms with E-state index in [2.05, 4.69) is 15.5 Å². The lowest BCUT2D eigenvalue weighted by molar-refractivity contribution is 0.0986. The Morgan fingerprint density at radius 2 is 1.85 bits per heavy atom. The molecule has 0 unspecified atom stereocenters. The van der Waals surface area contributed by atoms with Gasteiger partial charge >= 0.3 is 0 Å². The number of carbonyl (C=O) groups excluding carboxylic acids is 2. The van der Waals surface area contributed by atoms with Crippen LogP contribution in [0, 0.1) is 13.8 Å². The van der Waals surface area contributed by atoms with Gasteiger partial charge in [-0.3, -0.25) is 14.7 Å². The number of halogens is 1. The first-order valence-electron chi connectivity index (χ1n) is 11.0. The van der Waals surface area contributed by atoms with Gasteiger partial charge in [-0.15, -0.1) is 0 Å². The number of nitrogens with one attached hydrogen (secondary N) is 2. The maximum absolute atomic E-state index is 13.6. The van der Waals surface area contributed by atoms with E-state index in [0.29, 0.717) is 29.8 Å². The van der Waals surface area contributed by atoms with Crippen molar-refractivity contribution in [3.8, 4) is 11.3 Å². The van der Waals surface area contributed by atoms with Crippen LogP contribution in [0.4, 0.5) is 11.4 Å². The van der Waals surface area contributed by atoms with Crippen molar-refractivity contribution in [3.63, 3.8) is 0 Å². The van der Waals surface area contributed by atoms with Gasteiger partial charge in [0.1, 0.15) is 0 Å². The summed E-state index contributed by atoms with van der Waals surface area (Å²) in [5.74, 6) is -0.407. The maximum atomic E-state index is 13.6. The van der Waals surface area contributed by atoms with Gasteiger partial charge in [0.15, 0.2) is 0 Å². The van der Waals surface area contributed by atoms with Crippen LogP contribution in [0.2, 0.25) is 5.02 Å². The van der Waals surface area contributed by atoms with E-state index in [9.17, 15) is 9.59 Å². The molecule has 1 aliphatic heterocycles. The van der Waals surface area contributed by atoms with Crippen LogP contribution in [0.3, 0.4) is 0 Å². The number of H-pyrrole nitrogens is 1. The van der Waals surface area contributed by atoms with Crippen molar-refractivity contribution < 1.29 is 9.59 Å². The number of anilines is 2. The highest BCUT2D eigenvalue weighted by atomic mass is 35.5. The average molecular weight is 471 g/mol. The molecule has 2 heterocycles. The molecule has 170 valence electrons. The van der Waals surface area contributed by atoms with Crippen molar-refractivity contribution in [2.45, 2.75) is 20.3 Å². The molecule has 0 saturated heterocycles. The average Bonchev–Trinajstić information content (AvgIpc) is 3.23. The summed E-state index contributed by atoms with van der Waals surface area (Å²) in [6, 6.07) is 18.4. The number of aromatic amines is 1. The number of carbonyl (C=O) groups is 2. The minimum Gasteiger partial charge on any atom is -0.322 e. The minimum atomic E-state index is -0.215. The molecule has 0 radical (unpaired) electrons. The van der Waals surface area contributed by atoms with E-state index in [4.69, 9.17) is 11.6 Å². The molecular formula is C27H23ClN4O2.